The van der Waals surface area contributed by atoms with Crippen molar-refractivity contribution in [3.8, 4) is 0 Å². The smallest absolute Gasteiger partial charge is 0.205 e. The van der Waals surface area contributed by atoms with E-state index in [1.807, 2.05) is 0 Å². The predicted octanol–water partition coefficient (Wildman–Crippen LogP) is 4.54. The minimum Gasteiger partial charge on any atom is -0.357 e. The molecule has 1 aromatic heterocycles. The highest BCUT2D eigenvalue weighted by atomic mass is 79.9. The van der Waals surface area contributed by atoms with Gasteiger partial charge in [0.15, 0.2) is 0 Å². The third kappa shape index (κ3) is 4.87. The average Bonchev–Trinajstić information content (AvgIpc) is 2.78. The molecule has 0 aliphatic heterocycles. The molecule has 2 aromatic rings. The van der Waals surface area contributed by atoms with Gasteiger partial charge in [-0.15, -0.1) is 10.2 Å². The molecule has 0 radical (unpaired) electrons. The molecule has 5 heteroatoms. The maximum Gasteiger partial charge on any atom is 0.205 e. The van der Waals surface area contributed by atoms with Gasteiger partial charge in [-0.1, -0.05) is 53.2 Å². The lowest BCUT2D eigenvalue weighted by molar-refractivity contribution is 0.640. The van der Waals surface area contributed by atoms with Crippen molar-refractivity contribution in [2.24, 2.45) is 5.92 Å². The second-order valence-corrected chi connectivity index (χ2v) is 7.45. The van der Waals surface area contributed by atoms with Crippen molar-refractivity contribution in [3.05, 3.63) is 39.3 Å². The number of hydrogen-bond donors (Lipinski definition) is 1. The molecule has 0 saturated carbocycles. The Labute approximate surface area is 133 Å². The number of benzene rings is 1. The van der Waals surface area contributed by atoms with E-state index in [4.69, 9.17) is 0 Å². The Hall–Kier alpha value is -0.940. The normalized spacial score (nSPS) is 12.7. The van der Waals surface area contributed by atoms with Crippen LogP contribution in [0.15, 0.2) is 28.7 Å². The van der Waals surface area contributed by atoms with Crippen molar-refractivity contribution in [3.63, 3.8) is 0 Å². The molecule has 0 spiro atoms. The Morgan fingerprint density at radius 3 is 2.45 bits per heavy atom. The number of nitrogens with one attached hydrogen (secondary N) is 1. The molecule has 0 fully saturated rings. The summed E-state index contributed by atoms with van der Waals surface area (Å²) in [6, 6.07) is 8.79. The van der Waals surface area contributed by atoms with Crippen molar-refractivity contribution in [1.82, 2.24) is 10.2 Å². The Bertz CT molecular complexity index is 536. The van der Waals surface area contributed by atoms with E-state index in [0.29, 0.717) is 12.0 Å². The largest absolute Gasteiger partial charge is 0.357 e. The predicted molar refractivity (Wildman–Crippen MR) is 89.4 cm³/mol. The number of nitrogens with zero attached hydrogens (tertiary/aromatic N) is 2. The topological polar surface area (TPSA) is 37.8 Å². The summed E-state index contributed by atoms with van der Waals surface area (Å²) in [6.45, 7) is 6.57. The Morgan fingerprint density at radius 1 is 1.10 bits per heavy atom. The first kappa shape index (κ1) is 15.4. The van der Waals surface area contributed by atoms with Crippen LogP contribution in [0.25, 0.3) is 0 Å². The van der Waals surface area contributed by atoms with Crippen molar-refractivity contribution in [2.45, 2.75) is 39.7 Å². The standard InChI is InChI=1S/C15H20BrN3S/c1-10(2)8-14-18-19-15(20-14)17-11(3)9-12-4-6-13(16)7-5-12/h4-7,10-11H,8-9H2,1-3H3,(H,17,19). The quantitative estimate of drug-likeness (QED) is 0.827. The lowest BCUT2D eigenvalue weighted by atomic mass is 10.1. The van der Waals surface area contributed by atoms with Gasteiger partial charge in [-0.2, -0.15) is 0 Å². The van der Waals surface area contributed by atoms with Gasteiger partial charge in [0.1, 0.15) is 5.01 Å². The van der Waals surface area contributed by atoms with E-state index in [9.17, 15) is 0 Å². The maximum absolute atomic E-state index is 4.23. The van der Waals surface area contributed by atoms with Crippen LogP contribution < -0.4 is 5.32 Å². The van der Waals surface area contributed by atoms with Crippen LogP contribution in [0.5, 0.6) is 0 Å². The van der Waals surface area contributed by atoms with E-state index in [1.165, 1.54) is 5.56 Å². The number of anilines is 1. The Morgan fingerprint density at radius 2 is 1.80 bits per heavy atom. The van der Waals surface area contributed by atoms with Crippen molar-refractivity contribution >= 4 is 32.4 Å². The molecule has 0 amide bonds. The summed E-state index contributed by atoms with van der Waals surface area (Å²) in [5, 5.41) is 13.9. The van der Waals surface area contributed by atoms with E-state index >= 15 is 0 Å². The zero-order valence-electron chi connectivity index (χ0n) is 12.1. The van der Waals surface area contributed by atoms with Crippen LogP contribution >= 0.6 is 27.3 Å². The van der Waals surface area contributed by atoms with Crippen LogP contribution in [0.2, 0.25) is 0 Å². The minimum absolute atomic E-state index is 0.344. The second kappa shape index (κ2) is 7.18. The fourth-order valence-electron chi connectivity index (χ4n) is 1.98. The van der Waals surface area contributed by atoms with Crippen molar-refractivity contribution in [2.75, 3.05) is 5.32 Å². The third-order valence-electron chi connectivity index (χ3n) is 2.87. The first-order chi connectivity index (χ1) is 9.52. The molecule has 0 bridgehead atoms. The molecule has 1 heterocycles. The number of halogens is 1. The summed E-state index contributed by atoms with van der Waals surface area (Å²) in [5.74, 6) is 0.621. The van der Waals surface area contributed by atoms with Gasteiger partial charge in [0.05, 0.1) is 0 Å². The molecule has 0 saturated heterocycles. The highest BCUT2D eigenvalue weighted by Gasteiger charge is 2.09. The summed E-state index contributed by atoms with van der Waals surface area (Å²) >= 11 is 5.12. The summed E-state index contributed by atoms with van der Waals surface area (Å²) < 4.78 is 1.12. The molecule has 1 unspecified atom stereocenters. The molecule has 0 aliphatic carbocycles. The maximum atomic E-state index is 4.23. The average molecular weight is 354 g/mol. The monoisotopic (exact) mass is 353 g/mol. The number of hydrogen-bond acceptors (Lipinski definition) is 4. The Kier molecular flexibility index (Phi) is 5.54. The molecule has 1 aromatic carbocycles. The van der Waals surface area contributed by atoms with Gasteiger partial charge >= 0.3 is 0 Å². The summed E-state index contributed by atoms with van der Waals surface area (Å²) in [5.41, 5.74) is 1.32. The molecule has 3 nitrogen and oxygen atoms in total. The SMILES string of the molecule is CC(C)Cc1nnc(NC(C)Cc2ccc(Br)cc2)s1. The minimum atomic E-state index is 0.344. The lowest BCUT2D eigenvalue weighted by Gasteiger charge is -2.12. The lowest BCUT2D eigenvalue weighted by Crippen LogP contribution is -2.17. The van der Waals surface area contributed by atoms with Crippen LogP contribution in [0.1, 0.15) is 31.3 Å². The third-order valence-corrected chi connectivity index (χ3v) is 4.28. The van der Waals surface area contributed by atoms with E-state index in [0.717, 1.165) is 27.5 Å². The molecule has 0 aliphatic rings. The van der Waals surface area contributed by atoms with Crippen LogP contribution in [0.3, 0.4) is 0 Å². The van der Waals surface area contributed by atoms with Gasteiger partial charge in [0.25, 0.3) is 0 Å². The number of aromatic nitrogens is 2. The molecule has 1 atom stereocenters. The van der Waals surface area contributed by atoms with Crippen molar-refractivity contribution in [1.29, 1.82) is 0 Å². The van der Waals surface area contributed by atoms with E-state index in [2.05, 4.69) is 76.5 Å². The fourth-order valence-corrected chi connectivity index (χ4v) is 3.31. The molecule has 20 heavy (non-hydrogen) atoms. The van der Waals surface area contributed by atoms with Crippen LogP contribution in [-0.2, 0) is 12.8 Å². The zero-order valence-corrected chi connectivity index (χ0v) is 14.5. The second-order valence-electron chi connectivity index (χ2n) is 5.47. The van der Waals surface area contributed by atoms with E-state index < -0.39 is 0 Å². The zero-order chi connectivity index (χ0) is 14.5. The fraction of sp³-hybridized carbons (Fsp3) is 0.467. The van der Waals surface area contributed by atoms with Crippen LogP contribution in [0, 0.1) is 5.92 Å². The van der Waals surface area contributed by atoms with E-state index in [-0.39, 0.29) is 0 Å². The van der Waals surface area contributed by atoms with E-state index in [1.54, 1.807) is 11.3 Å². The molecule has 2 rings (SSSR count). The van der Waals surface area contributed by atoms with Crippen LogP contribution in [-0.4, -0.2) is 16.2 Å². The first-order valence-corrected chi connectivity index (χ1v) is 8.47. The number of rotatable bonds is 6. The van der Waals surface area contributed by atoms with Gasteiger partial charge in [0, 0.05) is 16.9 Å². The first-order valence-electron chi connectivity index (χ1n) is 6.86. The molecular weight excluding hydrogens is 334 g/mol. The van der Waals surface area contributed by atoms with Gasteiger partial charge in [0.2, 0.25) is 5.13 Å². The van der Waals surface area contributed by atoms with Gasteiger partial charge in [-0.25, -0.2) is 0 Å². The summed E-state index contributed by atoms with van der Waals surface area (Å²) in [7, 11) is 0. The van der Waals surface area contributed by atoms with Gasteiger partial charge in [-0.3, -0.25) is 0 Å². The summed E-state index contributed by atoms with van der Waals surface area (Å²) in [4.78, 5) is 0. The molecule has 1 N–H and O–H groups in total. The highest BCUT2D eigenvalue weighted by Crippen LogP contribution is 2.20. The molecular formula is C15H20BrN3S. The van der Waals surface area contributed by atoms with Gasteiger partial charge in [-0.05, 0) is 37.0 Å². The van der Waals surface area contributed by atoms with Gasteiger partial charge < -0.3 is 5.32 Å². The molecule has 108 valence electrons. The Balaban J connectivity index is 1.89. The van der Waals surface area contributed by atoms with Crippen molar-refractivity contribution < 1.29 is 0 Å². The van der Waals surface area contributed by atoms with Crippen LogP contribution in [0.4, 0.5) is 5.13 Å². The highest BCUT2D eigenvalue weighted by molar-refractivity contribution is 9.10. The summed E-state index contributed by atoms with van der Waals surface area (Å²) in [6.07, 6.45) is 1.98.